The summed E-state index contributed by atoms with van der Waals surface area (Å²) in [5.41, 5.74) is 0. The zero-order chi connectivity index (χ0) is 2.71. The molecule has 30 valence electrons. The summed E-state index contributed by atoms with van der Waals surface area (Å²) in [4.78, 5) is 0. The first kappa shape index (κ1) is 8.84. The molecular formula is H2NiO3. The van der Waals surface area contributed by atoms with Crippen molar-refractivity contribution in [3.05, 3.63) is 0 Å². The molecule has 0 rings (SSSR count). The zero-order valence-electron chi connectivity index (χ0n) is 1.62. The second-order valence-electron chi connectivity index (χ2n) is 0.0816. The van der Waals surface area contributed by atoms with Crippen LogP contribution < -0.4 is 0 Å². The summed E-state index contributed by atoms with van der Waals surface area (Å²) < 4.78 is 0. The van der Waals surface area contributed by atoms with Crippen molar-refractivity contribution in [2.75, 3.05) is 0 Å². The molecule has 0 aliphatic rings. The van der Waals surface area contributed by atoms with Crippen molar-refractivity contribution in [3.63, 3.8) is 0 Å². The monoisotopic (exact) mass is 108 g/mol. The minimum atomic E-state index is 0. The smallest absolute Gasteiger partial charge is 0 e. The molecule has 0 saturated carbocycles. The van der Waals surface area contributed by atoms with Crippen LogP contribution in [-0.2, 0) is 21.5 Å². The van der Waals surface area contributed by atoms with Gasteiger partial charge in [0.15, 0.2) is 0 Å². The molecule has 0 radical (unpaired) electrons. The minimum absolute atomic E-state index is 0. The minimum Gasteiger partial charge on any atom is -0.221 e. The Kier molecular flexibility index (Phi) is 22.3. The van der Waals surface area contributed by atoms with Crippen molar-refractivity contribution in [1.29, 1.82) is 0 Å². The van der Waals surface area contributed by atoms with Gasteiger partial charge in [-0.1, -0.05) is 5.04 Å². The summed E-state index contributed by atoms with van der Waals surface area (Å²) in [5, 5.41) is 15.5. The van der Waals surface area contributed by atoms with E-state index >= 15 is 0 Å². The molecule has 0 atom stereocenters. The summed E-state index contributed by atoms with van der Waals surface area (Å²) >= 11 is 0. The van der Waals surface area contributed by atoms with Crippen LogP contribution in [0, 0.1) is 0 Å². The third-order valence-corrected chi connectivity index (χ3v) is 0. The first-order chi connectivity index (χ1) is 1.41. The summed E-state index contributed by atoms with van der Waals surface area (Å²) in [6.07, 6.45) is 0. The van der Waals surface area contributed by atoms with Gasteiger partial charge in [0, 0.05) is 16.5 Å². The van der Waals surface area contributed by atoms with Gasteiger partial charge >= 0.3 is 0 Å². The van der Waals surface area contributed by atoms with E-state index < -0.39 is 0 Å². The molecule has 0 fully saturated rings. The fourth-order valence-corrected chi connectivity index (χ4v) is 0. The van der Waals surface area contributed by atoms with Gasteiger partial charge in [0.1, 0.15) is 0 Å². The molecule has 4 heavy (non-hydrogen) atoms. The maximum Gasteiger partial charge on any atom is 0 e. The van der Waals surface area contributed by atoms with E-state index in [1.165, 1.54) is 0 Å². The summed E-state index contributed by atoms with van der Waals surface area (Å²) in [6, 6.07) is 0. The van der Waals surface area contributed by atoms with Gasteiger partial charge in [0.25, 0.3) is 0 Å². The van der Waals surface area contributed by atoms with E-state index in [1.54, 1.807) is 0 Å². The zero-order valence-corrected chi connectivity index (χ0v) is 2.61. The molecular weight excluding hydrogens is 107 g/mol. The summed E-state index contributed by atoms with van der Waals surface area (Å²) in [6.45, 7) is 0. The fraction of sp³-hybridized carbons (Fsp3) is 0. The van der Waals surface area contributed by atoms with E-state index in [0.29, 0.717) is 0 Å². The molecule has 0 aromatic carbocycles. The third kappa shape index (κ3) is 32.1. The van der Waals surface area contributed by atoms with Crippen molar-refractivity contribution in [1.82, 2.24) is 0 Å². The van der Waals surface area contributed by atoms with E-state index in [0.717, 1.165) is 0 Å². The molecule has 0 heterocycles. The van der Waals surface area contributed by atoms with Crippen LogP contribution in [-0.4, -0.2) is 10.5 Å². The van der Waals surface area contributed by atoms with E-state index in [1.807, 2.05) is 0 Å². The Morgan fingerprint density at radius 3 is 1.25 bits per heavy atom. The Balaban J connectivity index is 0. The second-order valence-corrected chi connectivity index (χ2v) is 0.0816. The Labute approximate surface area is 33.0 Å². The van der Waals surface area contributed by atoms with Crippen LogP contribution in [0.4, 0.5) is 0 Å². The quantitative estimate of drug-likeness (QED) is 0.260. The van der Waals surface area contributed by atoms with Crippen molar-refractivity contribution in [3.8, 4) is 0 Å². The SMILES string of the molecule is OOO.[Ni]. The van der Waals surface area contributed by atoms with E-state index in [2.05, 4.69) is 5.04 Å². The van der Waals surface area contributed by atoms with Crippen LogP contribution in [0.1, 0.15) is 0 Å². The maximum absolute atomic E-state index is 6.62. The molecule has 0 aromatic rings. The molecule has 0 saturated heterocycles. The van der Waals surface area contributed by atoms with E-state index in [9.17, 15) is 0 Å². The van der Waals surface area contributed by atoms with Crippen LogP contribution in [0.5, 0.6) is 0 Å². The van der Waals surface area contributed by atoms with Crippen LogP contribution in [0.15, 0.2) is 0 Å². The fourth-order valence-electron chi connectivity index (χ4n) is 0. The maximum atomic E-state index is 6.62. The van der Waals surface area contributed by atoms with Crippen molar-refractivity contribution in [2.45, 2.75) is 0 Å². The van der Waals surface area contributed by atoms with Gasteiger partial charge in [-0.25, -0.2) is 10.5 Å². The molecule has 3 nitrogen and oxygen atoms in total. The second kappa shape index (κ2) is 10.1. The molecule has 0 unspecified atom stereocenters. The van der Waals surface area contributed by atoms with Crippen LogP contribution in [0.25, 0.3) is 0 Å². The number of hydrogen-bond acceptors (Lipinski definition) is 3. The van der Waals surface area contributed by atoms with Gasteiger partial charge in [-0.2, -0.15) is 0 Å². The Bertz CT molecular complexity index is 3.25. The van der Waals surface area contributed by atoms with Crippen molar-refractivity contribution >= 4 is 0 Å². The number of rotatable bonds is 0. The Hall–Kier alpha value is 0.374. The van der Waals surface area contributed by atoms with Crippen LogP contribution in [0.2, 0.25) is 0 Å². The topological polar surface area (TPSA) is 49.7 Å². The predicted octanol–water partition coefficient (Wildman–Crippen LogP) is -0.0535. The molecule has 0 aliphatic carbocycles. The van der Waals surface area contributed by atoms with Gasteiger partial charge < -0.3 is 0 Å². The normalized spacial score (nSPS) is 4.50. The molecule has 0 aliphatic heterocycles. The van der Waals surface area contributed by atoms with Gasteiger partial charge in [-0.05, 0) is 0 Å². The van der Waals surface area contributed by atoms with E-state index in [4.69, 9.17) is 10.5 Å². The number of hydrogen-bond donors (Lipinski definition) is 2. The average molecular weight is 109 g/mol. The first-order valence-electron chi connectivity index (χ1n) is 0.365. The van der Waals surface area contributed by atoms with Gasteiger partial charge in [-0.15, -0.1) is 0 Å². The van der Waals surface area contributed by atoms with E-state index in [-0.39, 0.29) is 16.5 Å². The molecule has 0 spiro atoms. The van der Waals surface area contributed by atoms with Crippen molar-refractivity contribution < 1.29 is 32.0 Å². The van der Waals surface area contributed by atoms with Crippen LogP contribution in [0.3, 0.4) is 0 Å². The molecule has 0 bridgehead atoms. The van der Waals surface area contributed by atoms with Crippen molar-refractivity contribution in [2.24, 2.45) is 0 Å². The Morgan fingerprint density at radius 2 is 1.25 bits per heavy atom. The molecule has 0 aromatic heterocycles. The third-order valence-electron chi connectivity index (χ3n) is 0. The van der Waals surface area contributed by atoms with Gasteiger partial charge in [0.05, 0.1) is 0 Å². The Morgan fingerprint density at radius 1 is 1.25 bits per heavy atom. The molecule has 0 amide bonds. The molecule has 2 N–H and O–H groups in total. The van der Waals surface area contributed by atoms with Crippen LogP contribution >= 0.6 is 0 Å². The van der Waals surface area contributed by atoms with Gasteiger partial charge in [-0.3, -0.25) is 0 Å². The summed E-state index contributed by atoms with van der Waals surface area (Å²) in [7, 11) is 0. The molecule has 4 heteroatoms. The first-order valence-corrected chi connectivity index (χ1v) is 0.365. The largest absolute Gasteiger partial charge is 0.221 e. The summed E-state index contributed by atoms with van der Waals surface area (Å²) in [5.74, 6) is 0. The predicted molar refractivity (Wildman–Crippen MR) is 6.34 cm³/mol. The van der Waals surface area contributed by atoms with Gasteiger partial charge in [0.2, 0.25) is 0 Å². The standard InChI is InChI=1S/Ni.H2O3/c;1-3-2/h;1-2H. The average Bonchev–Trinajstić information content (AvgIpc) is 0.918.